The van der Waals surface area contributed by atoms with Gasteiger partial charge in [0.2, 0.25) is 0 Å². The summed E-state index contributed by atoms with van der Waals surface area (Å²) in [4.78, 5) is 6.55. The predicted octanol–water partition coefficient (Wildman–Crippen LogP) is 1.36. The van der Waals surface area contributed by atoms with Gasteiger partial charge in [-0.1, -0.05) is 0 Å². The Bertz CT molecular complexity index is 340. The van der Waals surface area contributed by atoms with Crippen molar-refractivity contribution in [2.75, 3.05) is 66.8 Å². The van der Waals surface area contributed by atoms with Crippen LogP contribution in [-0.4, -0.2) is 77.7 Å². The molecule has 2 saturated heterocycles. The molecule has 0 saturated carbocycles. The molecule has 1 N–H and O–H groups in total. The zero-order valence-electron chi connectivity index (χ0n) is 14.8. The smallest absolute Gasteiger partial charge is 0.193 e. The van der Waals surface area contributed by atoms with Gasteiger partial charge in [-0.25, -0.2) is 0 Å². The molecule has 0 amide bonds. The number of nitrogens with one attached hydrogen (secondary N) is 1. The van der Waals surface area contributed by atoms with Crippen molar-refractivity contribution in [1.82, 2.24) is 10.2 Å². The second kappa shape index (κ2) is 10.8. The summed E-state index contributed by atoms with van der Waals surface area (Å²) in [5.74, 6) is 2.27. The highest BCUT2D eigenvalue weighted by molar-refractivity contribution is 5.79. The van der Waals surface area contributed by atoms with Crippen LogP contribution in [0.3, 0.4) is 0 Å². The van der Waals surface area contributed by atoms with Gasteiger partial charge in [-0.2, -0.15) is 0 Å². The van der Waals surface area contributed by atoms with Crippen LogP contribution >= 0.6 is 0 Å². The Balaban J connectivity index is 1.51. The molecular weight excluding hydrogens is 294 g/mol. The normalized spacial score (nSPS) is 23.2. The van der Waals surface area contributed by atoms with Crippen molar-refractivity contribution in [3.63, 3.8) is 0 Å². The van der Waals surface area contributed by atoms with Crippen molar-refractivity contribution < 1.29 is 14.2 Å². The van der Waals surface area contributed by atoms with Gasteiger partial charge in [-0.3, -0.25) is 4.99 Å². The van der Waals surface area contributed by atoms with Crippen LogP contribution in [0.25, 0.3) is 0 Å². The first-order chi connectivity index (χ1) is 11.3. The number of hydrogen-bond donors (Lipinski definition) is 1. The monoisotopic (exact) mass is 327 g/mol. The van der Waals surface area contributed by atoms with E-state index in [0.29, 0.717) is 11.8 Å². The first kappa shape index (κ1) is 18.5. The average molecular weight is 327 g/mol. The van der Waals surface area contributed by atoms with Crippen LogP contribution in [0.15, 0.2) is 4.99 Å². The molecule has 134 valence electrons. The fourth-order valence-electron chi connectivity index (χ4n) is 3.12. The number of aliphatic imine (C=N–C) groups is 1. The lowest BCUT2D eigenvalue weighted by atomic mass is 10.0. The molecule has 0 aromatic heterocycles. The third-order valence-corrected chi connectivity index (χ3v) is 4.57. The highest BCUT2D eigenvalue weighted by Crippen LogP contribution is 2.15. The maximum absolute atomic E-state index is 5.79. The maximum Gasteiger partial charge on any atom is 0.193 e. The molecule has 2 heterocycles. The van der Waals surface area contributed by atoms with Gasteiger partial charge in [0.05, 0.1) is 6.61 Å². The minimum atomic E-state index is 0.626. The third-order valence-electron chi connectivity index (χ3n) is 4.57. The SMILES string of the molecule is CN=C(NCCCOCC1CCOCC1)N(C)CC1CCOC1. The first-order valence-electron chi connectivity index (χ1n) is 8.94. The highest BCUT2D eigenvalue weighted by atomic mass is 16.5. The van der Waals surface area contributed by atoms with Crippen molar-refractivity contribution in [2.24, 2.45) is 16.8 Å². The lowest BCUT2D eigenvalue weighted by Crippen LogP contribution is -2.42. The quantitative estimate of drug-likeness (QED) is 0.414. The molecule has 23 heavy (non-hydrogen) atoms. The van der Waals surface area contributed by atoms with E-state index in [1.54, 1.807) is 0 Å². The lowest BCUT2D eigenvalue weighted by molar-refractivity contribution is 0.0203. The minimum Gasteiger partial charge on any atom is -0.381 e. The molecular formula is C17H33N3O3. The minimum absolute atomic E-state index is 0.626. The molecule has 1 atom stereocenters. The highest BCUT2D eigenvalue weighted by Gasteiger charge is 2.19. The van der Waals surface area contributed by atoms with Gasteiger partial charge in [-0.15, -0.1) is 0 Å². The number of guanidine groups is 1. The Morgan fingerprint density at radius 3 is 2.61 bits per heavy atom. The fraction of sp³-hybridized carbons (Fsp3) is 0.941. The molecule has 2 rings (SSSR count). The summed E-state index contributed by atoms with van der Waals surface area (Å²) >= 11 is 0. The van der Waals surface area contributed by atoms with Crippen molar-refractivity contribution in [1.29, 1.82) is 0 Å². The van der Waals surface area contributed by atoms with E-state index in [9.17, 15) is 0 Å². The summed E-state index contributed by atoms with van der Waals surface area (Å²) in [6.45, 7) is 7.14. The Hall–Kier alpha value is -0.850. The van der Waals surface area contributed by atoms with Crippen LogP contribution in [0.4, 0.5) is 0 Å². The Morgan fingerprint density at radius 1 is 1.17 bits per heavy atom. The van der Waals surface area contributed by atoms with Gasteiger partial charge in [-0.05, 0) is 31.6 Å². The van der Waals surface area contributed by atoms with E-state index in [1.807, 2.05) is 7.05 Å². The molecule has 1 unspecified atom stereocenters. The first-order valence-corrected chi connectivity index (χ1v) is 8.94. The number of hydrogen-bond acceptors (Lipinski definition) is 4. The Labute approximate surface area is 140 Å². The van der Waals surface area contributed by atoms with Crippen molar-refractivity contribution in [3.8, 4) is 0 Å². The zero-order valence-corrected chi connectivity index (χ0v) is 14.8. The second-order valence-electron chi connectivity index (χ2n) is 6.57. The standard InChI is InChI=1S/C17H33N3O3/c1-18-17(20(2)12-16-6-11-23-14-16)19-7-3-8-22-13-15-4-9-21-10-5-15/h15-16H,3-14H2,1-2H3,(H,18,19). The molecule has 6 heteroatoms. The van der Waals surface area contributed by atoms with E-state index in [2.05, 4.69) is 22.3 Å². The van der Waals surface area contributed by atoms with Gasteiger partial charge in [0.25, 0.3) is 0 Å². The molecule has 0 radical (unpaired) electrons. The Kier molecular flexibility index (Phi) is 8.71. The molecule has 2 aliphatic rings. The summed E-state index contributed by atoms with van der Waals surface area (Å²) in [5, 5.41) is 3.42. The summed E-state index contributed by atoms with van der Waals surface area (Å²) < 4.78 is 16.6. The molecule has 6 nitrogen and oxygen atoms in total. The number of ether oxygens (including phenoxy) is 3. The van der Waals surface area contributed by atoms with Gasteiger partial charge >= 0.3 is 0 Å². The van der Waals surface area contributed by atoms with Crippen LogP contribution in [0.5, 0.6) is 0 Å². The average Bonchev–Trinajstić information content (AvgIpc) is 3.08. The van der Waals surface area contributed by atoms with E-state index in [1.165, 1.54) is 0 Å². The predicted molar refractivity (Wildman–Crippen MR) is 91.9 cm³/mol. The van der Waals surface area contributed by atoms with Crippen molar-refractivity contribution in [2.45, 2.75) is 25.7 Å². The summed E-state index contributed by atoms with van der Waals surface area (Å²) in [6.07, 6.45) is 4.44. The molecule has 0 aromatic rings. The summed E-state index contributed by atoms with van der Waals surface area (Å²) in [6, 6.07) is 0. The van der Waals surface area contributed by atoms with Gasteiger partial charge in [0, 0.05) is 66.1 Å². The summed E-state index contributed by atoms with van der Waals surface area (Å²) in [7, 11) is 3.93. The van der Waals surface area contributed by atoms with Crippen LogP contribution < -0.4 is 5.32 Å². The molecule has 0 aromatic carbocycles. The van der Waals surface area contributed by atoms with E-state index >= 15 is 0 Å². The number of rotatable bonds is 8. The van der Waals surface area contributed by atoms with Gasteiger partial charge < -0.3 is 24.4 Å². The van der Waals surface area contributed by atoms with Crippen molar-refractivity contribution in [3.05, 3.63) is 0 Å². The molecule has 0 spiro atoms. The number of nitrogens with zero attached hydrogens (tertiary/aromatic N) is 2. The van der Waals surface area contributed by atoms with Crippen LogP contribution in [0.2, 0.25) is 0 Å². The Morgan fingerprint density at radius 2 is 1.91 bits per heavy atom. The molecule has 2 fully saturated rings. The fourth-order valence-corrected chi connectivity index (χ4v) is 3.12. The van der Waals surface area contributed by atoms with E-state index in [0.717, 1.165) is 84.4 Å². The second-order valence-corrected chi connectivity index (χ2v) is 6.57. The van der Waals surface area contributed by atoms with Crippen LogP contribution in [-0.2, 0) is 14.2 Å². The van der Waals surface area contributed by atoms with Crippen molar-refractivity contribution >= 4 is 5.96 Å². The van der Waals surface area contributed by atoms with Crippen LogP contribution in [0, 0.1) is 11.8 Å². The van der Waals surface area contributed by atoms with E-state index in [-0.39, 0.29) is 0 Å². The van der Waals surface area contributed by atoms with Gasteiger partial charge in [0.15, 0.2) is 5.96 Å². The van der Waals surface area contributed by atoms with E-state index < -0.39 is 0 Å². The van der Waals surface area contributed by atoms with E-state index in [4.69, 9.17) is 14.2 Å². The molecule has 0 aliphatic carbocycles. The third kappa shape index (κ3) is 7.06. The topological polar surface area (TPSA) is 55.3 Å². The van der Waals surface area contributed by atoms with Gasteiger partial charge in [0.1, 0.15) is 0 Å². The molecule has 0 bridgehead atoms. The largest absolute Gasteiger partial charge is 0.381 e. The van der Waals surface area contributed by atoms with Crippen LogP contribution in [0.1, 0.15) is 25.7 Å². The maximum atomic E-state index is 5.79. The lowest BCUT2D eigenvalue weighted by Gasteiger charge is -2.24. The summed E-state index contributed by atoms with van der Waals surface area (Å²) in [5.41, 5.74) is 0. The zero-order chi connectivity index (χ0) is 16.3. The molecule has 2 aliphatic heterocycles.